The number of hydrogen-bond donors (Lipinski definition) is 0. The van der Waals surface area contributed by atoms with Crippen LogP contribution in [0.1, 0.15) is 59.3 Å². The zero-order valence-corrected chi connectivity index (χ0v) is 18.7. The van der Waals surface area contributed by atoms with Crippen molar-refractivity contribution in [2.45, 2.75) is 64.3 Å². The molecule has 0 saturated heterocycles. The molecule has 1 nitrogen and oxygen atoms in total. The molecule has 0 aromatic heterocycles. The normalized spacial score (nSPS) is 15.7. The van der Waals surface area contributed by atoms with Crippen LogP contribution in [0.4, 0.5) is 0 Å². The highest BCUT2D eigenvalue weighted by atomic mass is 28.4. The maximum Gasteiger partial charge on any atom is 0.261 e. The summed E-state index contributed by atoms with van der Waals surface area (Å²) in [5.41, 5.74) is 0. The van der Waals surface area contributed by atoms with E-state index in [1.165, 1.54) is 42.5 Å². The van der Waals surface area contributed by atoms with Crippen molar-refractivity contribution in [1.29, 1.82) is 0 Å². The molecule has 0 radical (unpaired) electrons. The Balaban J connectivity index is 1.83. The Hall–Kier alpha value is -1.82. The smallest absolute Gasteiger partial charge is 0.261 e. The van der Waals surface area contributed by atoms with E-state index in [0.29, 0.717) is 12.5 Å². The van der Waals surface area contributed by atoms with E-state index in [2.05, 4.69) is 93.3 Å². The Morgan fingerprint density at radius 1 is 0.857 bits per heavy atom. The summed E-state index contributed by atoms with van der Waals surface area (Å²) >= 11 is 0. The first-order valence-electron chi connectivity index (χ1n) is 10.8. The van der Waals surface area contributed by atoms with Gasteiger partial charge in [0.1, 0.15) is 0 Å². The van der Waals surface area contributed by atoms with Gasteiger partial charge in [0.05, 0.1) is 0 Å². The topological polar surface area (TPSA) is 9.23 Å². The monoisotopic (exact) mass is 390 g/mol. The molecule has 0 heterocycles. The fourth-order valence-electron chi connectivity index (χ4n) is 4.48. The van der Waals surface area contributed by atoms with Gasteiger partial charge in [-0.05, 0) is 28.3 Å². The first kappa shape index (κ1) is 20.9. The maximum atomic E-state index is 6.89. The Bertz CT molecular complexity index is 734. The molecule has 2 heteroatoms. The lowest BCUT2D eigenvalue weighted by Crippen LogP contribution is -2.66. The SMILES string of the molecule is CC(C)(C)[Si](OCCC#CC1CCCCC1)(c1ccccc1)c1ccccc1. The maximum absolute atomic E-state index is 6.89. The molecule has 0 N–H and O–H groups in total. The molecule has 0 aliphatic heterocycles. The summed E-state index contributed by atoms with van der Waals surface area (Å²) in [5.74, 6) is 7.55. The first-order chi connectivity index (χ1) is 13.5. The molecule has 28 heavy (non-hydrogen) atoms. The van der Waals surface area contributed by atoms with Crippen molar-refractivity contribution in [3.8, 4) is 11.8 Å². The molecule has 1 saturated carbocycles. The molecule has 0 spiro atoms. The van der Waals surface area contributed by atoms with E-state index in [1.54, 1.807) is 0 Å². The zero-order chi connectivity index (χ0) is 19.9. The molecule has 3 rings (SSSR count). The van der Waals surface area contributed by atoms with E-state index in [0.717, 1.165) is 6.42 Å². The zero-order valence-electron chi connectivity index (χ0n) is 17.7. The van der Waals surface area contributed by atoms with Crippen LogP contribution in [0.15, 0.2) is 60.7 Å². The van der Waals surface area contributed by atoms with Crippen molar-refractivity contribution in [1.82, 2.24) is 0 Å². The van der Waals surface area contributed by atoms with Crippen LogP contribution in [-0.2, 0) is 4.43 Å². The summed E-state index contributed by atoms with van der Waals surface area (Å²) in [4.78, 5) is 0. The van der Waals surface area contributed by atoms with Crippen LogP contribution in [0.25, 0.3) is 0 Å². The van der Waals surface area contributed by atoms with E-state index in [9.17, 15) is 0 Å². The highest BCUT2D eigenvalue weighted by molar-refractivity contribution is 6.99. The summed E-state index contributed by atoms with van der Waals surface area (Å²) in [5, 5.41) is 2.72. The minimum absolute atomic E-state index is 0.0342. The number of rotatable bonds is 5. The predicted molar refractivity (Wildman–Crippen MR) is 123 cm³/mol. The Morgan fingerprint density at radius 3 is 1.89 bits per heavy atom. The fraction of sp³-hybridized carbons (Fsp3) is 0.462. The lowest BCUT2D eigenvalue weighted by atomic mass is 9.90. The standard InChI is InChI=1S/C26H34OSi/c1-26(2,3)28(24-18-9-5-10-19-24,25-20-11-6-12-21-25)27-22-14-13-17-23-15-7-4-8-16-23/h5-6,9-12,18-21,23H,4,7-8,14-16,22H2,1-3H3. The quantitative estimate of drug-likeness (QED) is 0.370. The van der Waals surface area contributed by atoms with E-state index < -0.39 is 8.32 Å². The molecule has 2 aromatic rings. The summed E-state index contributed by atoms with van der Waals surface area (Å²) < 4.78 is 6.89. The lowest BCUT2D eigenvalue weighted by Gasteiger charge is -2.43. The average molecular weight is 391 g/mol. The molecule has 2 aromatic carbocycles. The molecular weight excluding hydrogens is 356 g/mol. The first-order valence-corrected chi connectivity index (χ1v) is 12.7. The van der Waals surface area contributed by atoms with E-state index in [-0.39, 0.29) is 5.04 Å². The van der Waals surface area contributed by atoms with Crippen LogP contribution in [-0.4, -0.2) is 14.9 Å². The van der Waals surface area contributed by atoms with Gasteiger partial charge in [-0.25, -0.2) is 0 Å². The molecule has 0 atom stereocenters. The Labute approximate surface area is 172 Å². The van der Waals surface area contributed by atoms with Crippen molar-refractivity contribution in [2.75, 3.05) is 6.61 Å². The highest BCUT2D eigenvalue weighted by Gasteiger charge is 2.49. The van der Waals surface area contributed by atoms with Crippen LogP contribution in [0.3, 0.4) is 0 Å². The molecule has 1 aliphatic carbocycles. The second-order valence-corrected chi connectivity index (χ2v) is 13.2. The third-order valence-corrected chi connectivity index (χ3v) is 10.9. The molecule has 0 unspecified atom stereocenters. The molecule has 0 bridgehead atoms. The van der Waals surface area contributed by atoms with Gasteiger partial charge in [0.2, 0.25) is 0 Å². The molecule has 148 valence electrons. The van der Waals surface area contributed by atoms with Gasteiger partial charge in [-0.15, -0.1) is 5.92 Å². The van der Waals surface area contributed by atoms with Crippen LogP contribution < -0.4 is 10.4 Å². The largest absolute Gasteiger partial charge is 0.406 e. The van der Waals surface area contributed by atoms with Gasteiger partial charge in [0.25, 0.3) is 8.32 Å². The summed E-state index contributed by atoms with van der Waals surface area (Å²) in [6.07, 6.45) is 7.46. The van der Waals surface area contributed by atoms with Crippen molar-refractivity contribution >= 4 is 18.7 Å². The highest BCUT2D eigenvalue weighted by Crippen LogP contribution is 2.36. The molecule has 1 fully saturated rings. The van der Waals surface area contributed by atoms with Gasteiger partial charge in [-0.3, -0.25) is 0 Å². The Kier molecular flexibility index (Phi) is 7.16. The van der Waals surface area contributed by atoms with Crippen molar-refractivity contribution in [3.05, 3.63) is 60.7 Å². The van der Waals surface area contributed by atoms with Gasteiger partial charge in [-0.1, -0.05) is 107 Å². The van der Waals surface area contributed by atoms with Crippen LogP contribution in [0.2, 0.25) is 5.04 Å². The van der Waals surface area contributed by atoms with Crippen LogP contribution in [0.5, 0.6) is 0 Å². The summed E-state index contributed by atoms with van der Waals surface area (Å²) in [6.45, 7) is 7.68. The van der Waals surface area contributed by atoms with Gasteiger partial charge >= 0.3 is 0 Å². The van der Waals surface area contributed by atoms with Gasteiger partial charge in [0.15, 0.2) is 0 Å². The van der Waals surface area contributed by atoms with E-state index in [1.807, 2.05) is 0 Å². The second kappa shape index (κ2) is 9.59. The van der Waals surface area contributed by atoms with Gasteiger partial charge in [0, 0.05) is 18.9 Å². The summed E-state index contributed by atoms with van der Waals surface area (Å²) in [7, 11) is -2.41. The summed E-state index contributed by atoms with van der Waals surface area (Å²) in [6, 6.07) is 21.7. The van der Waals surface area contributed by atoms with Crippen LogP contribution >= 0.6 is 0 Å². The third-order valence-electron chi connectivity index (χ3n) is 5.87. The fourth-order valence-corrected chi connectivity index (χ4v) is 9.04. The third kappa shape index (κ3) is 4.77. The van der Waals surface area contributed by atoms with Crippen molar-refractivity contribution in [3.63, 3.8) is 0 Å². The number of benzene rings is 2. The average Bonchev–Trinajstić information content (AvgIpc) is 2.72. The van der Waals surface area contributed by atoms with Gasteiger partial charge < -0.3 is 4.43 Å². The van der Waals surface area contributed by atoms with Crippen molar-refractivity contribution < 1.29 is 4.43 Å². The minimum atomic E-state index is -2.41. The number of hydrogen-bond acceptors (Lipinski definition) is 1. The minimum Gasteiger partial charge on any atom is -0.406 e. The van der Waals surface area contributed by atoms with E-state index >= 15 is 0 Å². The van der Waals surface area contributed by atoms with Crippen molar-refractivity contribution in [2.24, 2.45) is 5.92 Å². The molecular formula is C26H34OSi. The lowest BCUT2D eigenvalue weighted by molar-refractivity contribution is 0.306. The van der Waals surface area contributed by atoms with Gasteiger partial charge in [-0.2, -0.15) is 0 Å². The molecule has 0 amide bonds. The van der Waals surface area contributed by atoms with E-state index in [4.69, 9.17) is 4.43 Å². The predicted octanol–water partition coefficient (Wildman–Crippen LogP) is 5.54. The molecule has 1 aliphatic rings. The second-order valence-electron chi connectivity index (χ2n) is 8.92. The Morgan fingerprint density at radius 2 is 1.39 bits per heavy atom. The van der Waals surface area contributed by atoms with Crippen LogP contribution in [0, 0.1) is 17.8 Å².